The Kier molecular flexibility index (Phi) is 5.93. The molecule has 0 aliphatic rings. The second kappa shape index (κ2) is 6.97. The predicted molar refractivity (Wildman–Crippen MR) is 74.1 cm³/mol. The van der Waals surface area contributed by atoms with Gasteiger partial charge in [-0.15, -0.1) is 11.8 Å². The summed E-state index contributed by atoms with van der Waals surface area (Å²) in [5.41, 5.74) is 1.45. The van der Waals surface area contributed by atoms with E-state index in [1.807, 2.05) is 11.8 Å². The molecule has 2 heteroatoms. The zero-order valence-electron chi connectivity index (χ0n) is 10.8. The van der Waals surface area contributed by atoms with Crippen LogP contribution >= 0.6 is 11.8 Å². The molecular formula is C14H23NS. The van der Waals surface area contributed by atoms with Crippen molar-refractivity contribution in [2.24, 2.45) is 5.92 Å². The number of thioether (sulfide) groups is 1. The van der Waals surface area contributed by atoms with Crippen molar-refractivity contribution in [1.29, 1.82) is 0 Å². The minimum absolute atomic E-state index is 0.494. The molecule has 1 rings (SSSR count). The molecule has 0 aliphatic carbocycles. The molecule has 0 aromatic heterocycles. The molecule has 1 atom stereocenters. The molecule has 0 heterocycles. The van der Waals surface area contributed by atoms with E-state index >= 15 is 0 Å². The Morgan fingerprint density at radius 1 is 1.25 bits per heavy atom. The van der Waals surface area contributed by atoms with E-state index in [9.17, 15) is 0 Å². The number of hydrogen-bond donors (Lipinski definition) is 1. The van der Waals surface area contributed by atoms with Crippen LogP contribution in [0.3, 0.4) is 0 Å². The fourth-order valence-corrected chi connectivity index (χ4v) is 2.65. The first-order chi connectivity index (χ1) is 7.69. The van der Waals surface area contributed by atoms with Crippen molar-refractivity contribution in [3.8, 4) is 0 Å². The molecule has 0 saturated heterocycles. The van der Waals surface area contributed by atoms with Crippen LogP contribution in [0.4, 0.5) is 0 Å². The van der Waals surface area contributed by atoms with Gasteiger partial charge in [0.1, 0.15) is 0 Å². The number of hydrogen-bond acceptors (Lipinski definition) is 2. The number of nitrogens with one attached hydrogen (secondary N) is 1. The first-order valence-corrected chi connectivity index (χ1v) is 7.27. The lowest BCUT2D eigenvalue weighted by Crippen LogP contribution is -2.22. The van der Waals surface area contributed by atoms with Gasteiger partial charge in [0, 0.05) is 10.9 Å². The van der Waals surface area contributed by atoms with Crippen LogP contribution in [0, 0.1) is 5.92 Å². The van der Waals surface area contributed by atoms with Gasteiger partial charge in [0.05, 0.1) is 0 Å². The van der Waals surface area contributed by atoms with Crippen LogP contribution in [0.1, 0.15) is 38.8 Å². The van der Waals surface area contributed by atoms with Gasteiger partial charge in [0.25, 0.3) is 0 Å². The molecule has 0 aliphatic heterocycles. The Balaban J connectivity index is 2.90. The topological polar surface area (TPSA) is 12.0 Å². The standard InChI is InChI=1S/C14H23NS/c1-5-15-13(10-11(2)3)12-8-6-7-9-14(12)16-4/h6-9,11,13,15H,5,10H2,1-4H3. The maximum Gasteiger partial charge on any atom is 0.0333 e. The van der Waals surface area contributed by atoms with Gasteiger partial charge in [0.2, 0.25) is 0 Å². The molecular weight excluding hydrogens is 214 g/mol. The zero-order chi connectivity index (χ0) is 12.0. The summed E-state index contributed by atoms with van der Waals surface area (Å²) in [4.78, 5) is 1.40. The molecule has 1 aromatic carbocycles. The van der Waals surface area contributed by atoms with E-state index in [1.165, 1.54) is 16.9 Å². The summed E-state index contributed by atoms with van der Waals surface area (Å²) in [6, 6.07) is 9.22. The van der Waals surface area contributed by atoms with Gasteiger partial charge >= 0.3 is 0 Å². The van der Waals surface area contributed by atoms with Gasteiger partial charge < -0.3 is 5.32 Å². The SMILES string of the molecule is CCNC(CC(C)C)c1ccccc1SC. The van der Waals surface area contributed by atoms with E-state index < -0.39 is 0 Å². The maximum absolute atomic E-state index is 3.59. The van der Waals surface area contributed by atoms with E-state index in [0.29, 0.717) is 6.04 Å². The lowest BCUT2D eigenvalue weighted by atomic mass is 9.97. The Labute approximate surface area is 104 Å². The van der Waals surface area contributed by atoms with Crippen LogP contribution in [-0.2, 0) is 0 Å². The summed E-state index contributed by atoms with van der Waals surface area (Å²) in [6.45, 7) is 7.77. The Morgan fingerprint density at radius 3 is 2.50 bits per heavy atom. The second-order valence-corrected chi connectivity index (χ2v) is 5.33. The summed E-state index contributed by atoms with van der Waals surface area (Å²) >= 11 is 1.84. The van der Waals surface area contributed by atoms with Crippen LogP contribution in [0.5, 0.6) is 0 Å². The molecule has 16 heavy (non-hydrogen) atoms. The van der Waals surface area contributed by atoms with E-state index in [0.717, 1.165) is 12.5 Å². The van der Waals surface area contributed by atoms with Crippen molar-refractivity contribution in [3.05, 3.63) is 29.8 Å². The second-order valence-electron chi connectivity index (χ2n) is 4.48. The third-order valence-corrected chi connectivity index (χ3v) is 3.48. The first-order valence-electron chi connectivity index (χ1n) is 6.05. The third-order valence-electron chi connectivity index (χ3n) is 2.67. The van der Waals surface area contributed by atoms with Gasteiger partial charge in [-0.3, -0.25) is 0 Å². The lowest BCUT2D eigenvalue weighted by Gasteiger charge is -2.22. The molecule has 0 amide bonds. The third kappa shape index (κ3) is 3.84. The number of rotatable bonds is 6. The Bertz CT molecular complexity index is 309. The van der Waals surface area contributed by atoms with Crippen molar-refractivity contribution in [2.45, 2.75) is 38.1 Å². The van der Waals surface area contributed by atoms with Gasteiger partial charge in [-0.2, -0.15) is 0 Å². The lowest BCUT2D eigenvalue weighted by molar-refractivity contribution is 0.434. The minimum atomic E-state index is 0.494. The Morgan fingerprint density at radius 2 is 1.94 bits per heavy atom. The van der Waals surface area contributed by atoms with Crippen LogP contribution in [-0.4, -0.2) is 12.8 Å². The molecule has 0 saturated carbocycles. The van der Waals surface area contributed by atoms with Crippen molar-refractivity contribution >= 4 is 11.8 Å². The van der Waals surface area contributed by atoms with Crippen molar-refractivity contribution in [1.82, 2.24) is 5.32 Å². The van der Waals surface area contributed by atoms with Gasteiger partial charge in [-0.05, 0) is 36.8 Å². The van der Waals surface area contributed by atoms with Crippen molar-refractivity contribution < 1.29 is 0 Å². The van der Waals surface area contributed by atoms with E-state index in [4.69, 9.17) is 0 Å². The Hall–Kier alpha value is -0.470. The number of benzene rings is 1. The van der Waals surface area contributed by atoms with Crippen molar-refractivity contribution in [2.75, 3.05) is 12.8 Å². The highest BCUT2D eigenvalue weighted by Crippen LogP contribution is 2.29. The molecule has 1 unspecified atom stereocenters. The molecule has 0 bridgehead atoms. The molecule has 90 valence electrons. The smallest absolute Gasteiger partial charge is 0.0333 e. The highest BCUT2D eigenvalue weighted by molar-refractivity contribution is 7.98. The normalized spacial score (nSPS) is 13.1. The fourth-order valence-electron chi connectivity index (χ4n) is 1.99. The van der Waals surface area contributed by atoms with Gasteiger partial charge in [0.15, 0.2) is 0 Å². The zero-order valence-corrected chi connectivity index (χ0v) is 11.6. The average molecular weight is 237 g/mol. The van der Waals surface area contributed by atoms with E-state index in [2.05, 4.69) is 56.6 Å². The molecule has 0 spiro atoms. The first kappa shape index (κ1) is 13.6. The predicted octanol–water partition coefficient (Wildman–Crippen LogP) is 4.11. The van der Waals surface area contributed by atoms with Crippen molar-refractivity contribution in [3.63, 3.8) is 0 Å². The quantitative estimate of drug-likeness (QED) is 0.747. The fraction of sp³-hybridized carbons (Fsp3) is 0.571. The van der Waals surface area contributed by atoms with Crippen LogP contribution in [0.2, 0.25) is 0 Å². The maximum atomic E-state index is 3.59. The van der Waals surface area contributed by atoms with Gasteiger partial charge in [-0.25, -0.2) is 0 Å². The molecule has 1 N–H and O–H groups in total. The largest absolute Gasteiger partial charge is 0.310 e. The van der Waals surface area contributed by atoms with E-state index in [-0.39, 0.29) is 0 Å². The van der Waals surface area contributed by atoms with Crippen LogP contribution in [0.25, 0.3) is 0 Å². The monoisotopic (exact) mass is 237 g/mol. The summed E-state index contributed by atoms with van der Waals surface area (Å²) in [5, 5.41) is 3.59. The minimum Gasteiger partial charge on any atom is -0.310 e. The van der Waals surface area contributed by atoms with Gasteiger partial charge in [-0.1, -0.05) is 39.0 Å². The molecule has 1 nitrogen and oxygen atoms in total. The highest BCUT2D eigenvalue weighted by Gasteiger charge is 2.14. The summed E-state index contributed by atoms with van der Waals surface area (Å²) in [6.07, 6.45) is 3.35. The molecule has 0 radical (unpaired) electrons. The highest BCUT2D eigenvalue weighted by atomic mass is 32.2. The molecule has 0 fully saturated rings. The van der Waals surface area contributed by atoms with Crippen LogP contribution in [0.15, 0.2) is 29.2 Å². The summed E-state index contributed by atoms with van der Waals surface area (Å²) < 4.78 is 0. The van der Waals surface area contributed by atoms with E-state index in [1.54, 1.807) is 0 Å². The van der Waals surface area contributed by atoms with Crippen LogP contribution < -0.4 is 5.32 Å². The summed E-state index contributed by atoms with van der Waals surface area (Å²) in [7, 11) is 0. The average Bonchev–Trinajstić information content (AvgIpc) is 2.28. The summed E-state index contributed by atoms with van der Waals surface area (Å²) in [5.74, 6) is 0.721. The molecule has 1 aromatic rings.